The number of nitrogens with zero attached hydrogens (tertiary/aromatic N) is 5. The molecule has 1 N–H and O–H groups in total. The van der Waals surface area contributed by atoms with Crippen molar-refractivity contribution in [1.82, 2.24) is 14.8 Å². The van der Waals surface area contributed by atoms with Gasteiger partial charge in [0.1, 0.15) is 0 Å². The number of halogens is 2. The summed E-state index contributed by atoms with van der Waals surface area (Å²) in [7, 11) is 0. The van der Waals surface area contributed by atoms with Crippen LogP contribution in [-0.2, 0) is 6.73 Å². The Kier molecular flexibility index (Phi) is 5.05. The van der Waals surface area contributed by atoms with E-state index in [4.69, 9.17) is 4.74 Å². The van der Waals surface area contributed by atoms with Crippen molar-refractivity contribution >= 4 is 17.3 Å². The SMILES string of the molecule is CC1=NN(C(=O)c2ccn(COc3ccccc3[N+](=O)[O-])n2)C(O)(C(F)F)C1. The Morgan fingerprint density at radius 2 is 2.14 bits per heavy atom. The Morgan fingerprint density at radius 1 is 1.43 bits per heavy atom. The highest BCUT2D eigenvalue weighted by Crippen LogP contribution is 2.32. The van der Waals surface area contributed by atoms with Crippen LogP contribution in [0, 0.1) is 10.1 Å². The summed E-state index contributed by atoms with van der Waals surface area (Å²) in [6.45, 7) is 1.15. The van der Waals surface area contributed by atoms with Crippen molar-refractivity contribution in [2.24, 2.45) is 5.10 Å². The van der Waals surface area contributed by atoms with Crippen LogP contribution in [0.3, 0.4) is 0 Å². The summed E-state index contributed by atoms with van der Waals surface area (Å²) in [4.78, 5) is 22.8. The lowest BCUT2D eigenvalue weighted by molar-refractivity contribution is -0.386. The average molecular weight is 395 g/mol. The lowest BCUT2D eigenvalue weighted by Crippen LogP contribution is -2.51. The Labute approximate surface area is 156 Å². The van der Waals surface area contributed by atoms with Gasteiger partial charge in [0.15, 0.2) is 18.2 Å². The first-order valence-corrected chi connectivity index (χ1v) is 8.01. The molecular weight excluding hydrogens is 380 g/mol. The molecular formula is C16H15F2N5O5. The number of carbonyl (C=O) groups excluding carboxylic acids is 1. The van der Waals surface area contributed by atoms with Crippen LogP contribution in [0.25, 0.3) is 0 Å². The summed E-state index contributed by atoms with van der Waals surface area (Å²) in [6.07, 6.45) is -2.37. The highest BCUT2D eigenvalue weighted by atomic mass is 19.3. The summed E-state index contributed by atoms with van der Waals surface area (Å²) < 4.78 is 32.9. The van der Waals surface area contributed by atoms with Gasteiger partial charge < -0.3 is 9.84 Å². The van der Waals surface area contributed by atoms with Crippen LogP contribution in [0.15, 0.2) is 41.6 Å². The number of amides is 1. The van der Waals surface area contributed by atoms with E-state index < -0.39 is 29.4 Å². The molecule has 1 aliphatic rings. The highest BCUT2D eigenvalue weighted by molar-refractivity contribution is 5.96. The molecule has 3 rings (SSSR count). The lowest BCUT2D eigenvalue weighted by atomic mass is 10.1. The molecule has 0 fully saturated rings. The van der Waals surface area contributed by atoms with Gasteiger partial charge in [0, 0.05) is 24.4 Å². The van der Waals surface area contributed by atoms with E-state index in [0.29, 0.717) is 5.01 Å². The van der Waals surface area contributed by atoms with E-state index in [9.17, 15) is 28.8 Å². The second-order valence-electron chi connectivity index (χ2n) is 6.05. The molecule has 12 heteroatoms. The van der Waals surface area contributed by atoms with Crippen molar-refractivity contribution < 1.29 is 28.3 Å². The Hall–Kier alpha value is -3.41. The largest absolute Gasteiger partial charge is 0.464 e. The zero-order chi connectivity index (χ0) is 20.5. The number of benzene rings is 1. The minimum Gasteiger partial charge on any atom is -0.464 e. The number of carbonyl (C=O) groups is 1. The number of hydrogen-bond donors (Lipinski definition) is 1. The number of alkyl halides is 2. The summed E-state index contributed by atoms with van der Waals surface area (Å²) >= 11 is 0. The summed E-state index contributed by atoms with van der Waals surface area (Å²) in [5, 5.41) is 29.0. The maximum absolute atomic E-state index is 13.2. The molecule has 0 bridgehead atoms. The third-order valence-electron chi connectivity index (χ3n) is 3.97. The number of aromatic nitrogens is 2. The van der Waals surface area contributed by atoms with Crippen LogP contribution in [0.1, 0.15) is 23.8 Å². The Bertz CT molecular complexity index is 947. The van der Waals surface area contributed by atoms with Gasteiger partial charge in [-0.15, -0.1) is 0 Å². The third-order valence-corrected chi connectivity index (χ3v) is 3.97. The van der Waals surface area contributed by atoms with E-state index in [0.717, 1.165) is 4.68 Å². The zero-order valence-electron chi connectivity index (χ0n) is 14.5. The normalized spacial score (nSPS) is 19.0. The van der Waals surface area contributed by atoms with Crippen molar-refractivity contribution in [2.75, 3.05) is 0 Å². The van der Waals surface area contributed by atoms with Crippen molar-refractivity contribution in [3.8, 4) is 5.75 Å². The number of rotatable bonds is 6. The summed E-state index contributed by atoms with van der Waals surface area (Å²) in [5.41, 5.74) is -3.04. The maximum atomic E-state index is 13.2. The first kappa shape index (κ1) is 19.4. The van der Waals surface area contributed by atoms with Crippen molar-refractivity contribution in [2.45, 2.75) is 32.2 Å². The van der Waals surface area contributed by atoms with Gasteiger partial charge in [0.25, 0.3) is 12.3 Å². The molecule has 2 heterocycles. The van der Waals surface area contributed by atoms with E-state index in [1.54, 1.807) is 6.07 Å². The Morgan fingerprint density at radius 3 is 2.82 bits per heavy atom. The van der Waals surface area contributed by atoms with Crippen molar-refractivity contribution in [1.29, 1.82) is 0 Å². The fourth-order valence-electron chi connectivity index (χ4n) is 2.66. The smallest absolute Gasteiger partial charge is 0.311 e. The molecule has 148 valence electrons. The van der Waals surface area contributed by atoms with Gasteiger partial charge in [0.05, 0.1) is 4.92 Å². The second-order valence-corrected chi connectivity index (χ2v) is 6.05. The number of nitro groups is 1. The second kappa shape index (κ2) is 7.31. The Balaban J connectivity index is 1.74. The molecule has 0 aliphatic carbocycles. The molecule has 1 aliphatic heterocycles. The van der Waals surface area contributed by atoms with Gasteiger partial charge in [-0.3, -0.25) is 14.9 Å². The highest BCUT2D eigenvalue weighted by Gasteiger charge is 2.51. The van der Waals surface area contributed by atoms with E-state index in [1.165, 1.54) is 37.4 Å². The molecule has 2 aromatic rings. The van der Waals surface area contributed by atoms with Crippen LogP contribution in [0.5, 0.6) is 5.75 Å². The van der Waals surface area contributed by atoms with E-state index in [-0.39, 0.29) is 29.6 Å². The molecule has 1 aromatic heterocycles. The van der Waals surface area contributed by atoms with Gasteiger partial charge in [-0.2, -0.15) is 15.2 Å². The molecule has 0 saturated heterocycles. The predicted molar refractivity (Wildman–Crippen MR) is 90.8 cm³/mol. The van der Waals surface area contributed by atoms with Crippen LogP contribution >= 0.6 is 0 Å². The fraction of sp³-hybridized carbons (Fsp3) is 0.312. The van der Waals surface area contributed by atoms with E-state index in [2.05, 4.69) is 10.2 Å². The molecule has 0 saturated carbocycles. The zero-order valence-corrected chi connectivity index (χ0v) is 14.5. The molecule has 10 nitrogen and oxygen atoms in total. The minimum atomic E-state index is -3.22. The van der Waals surface area contributed by atoms with Crippen LogP contribution < -0.4 is 4.74 Å². The average Bonchev–Trinajstić information content (AvgIpc) is 3.24. The van der Waals surface area contributed by atoms with Crippen molar-refractivity contribution in [3.63, 3.8) is 0 Å². The first-order chi connectivity index (χ1) is 13.2. The molecule has 1 amide bonds. The van der Waals surface area contributed by atoms with Gasteiger partial charge in [0.2, 0.25) is 5.72 Å². The number of para-hydroxylation sites is 2. The van der Waals surface area contributed by atoms with Gasteiger partial charge in [-0.1, -0.05) is 12.1 Å². The van der Waals surface area contributed by atoms with Crippen LogP contribution in [0.2, 0.25) is 0 Å². The van der Waals surface area contributed by atoms with Crippen LogP contribution in [-0.4, -0.2) is 48.6 Å². The number of ether oxygens (including phenoxy) is 1. The molecule has 0 spiro atoms. The third kappa shape index (κ3) is 3.53. The lowest BCUT2D eigenvalue weighted by Gasteiger charge is -2.29. The first-order valence-electron chi connectivity index (χ1n) is 8.01. The molecule has 1 aromatic carbocycles. The predicted octanol–water partition coefficient (Wildman–Crippen LogP) is 2.00. The van der Waals surface area contributed by atoms with Gasteiger partial charge >= 0.3 is 5.69 Å². The fourth-order valence-corrected chi connectivity index (χ4v) is 2.66. The summed E-state index contributed by atoms with van der Waals surface area (Å²) in [6, 6.07) is 6.95. The van der Waals surface area contributed by atoms with Crippen molar-refractivity contribution in [3.05, 3.63) is 52.3 Å². The summed E-state index contributed by atoms with van der Waals surface area (Å²) in [5.74, 6) is -1.01. The van der Waals surface area contributed by atoms with E-state index >= 15 is 0 Å². The quantitative estimate of drug-likeness (QED) is 0.589. The van der Waals surface area contributed by atoms with E-state index in [1.807, 2.05) is 0 Å². The monoisotopic (exact) mass is 395 g/mol. The topological polar surface area (TPSA) is 123 Å². The number of hydrogen-bond acceptors (Lipinski definition) is 7. The molecule has 0 radical (unpaired) electrons. The molecule has 1 unspecified atom stereocenters. The van der Waals surface area contributed by atoms with Gasteiger partial charge in [-0.25, -0.2) is 13.5 Å². The number of aliphatic hydroxyl groups is 1. The standard InChI is InChI=1S/C16H15F2N5O5/c1-10-8-16(25,15(17)18)22(19-10)14(24)11-6-7-21(20-11)9-28-13-5-3-2-4-12(13)23(26)27/h2-7,15,25H,8-9H2,1H3. The molecule has 1 atom stereocenters. The molecule has 28 heavy (non-hydrogen) atoms. The van der Waals surface area contributed by atoms with Gasteiger partial charge in [-0.05, 0) is 19.1 Å². The number of hydrazone groups is 1. The number of nitro benzene ring substituents is 1. The van der Waals surface area contributed by atoms with Crippen LogP contribution in [0.4, 0.5) is 14.5 Å². The minimum absolute atomic E-state index is 0.00252. The maximum Gasteiger partial charge on any atom is 0.311 e.